The van der Waals surface area contributed by atoms with Gasteiger partial charge in [-0.25, -0.2) is 4.79 Å². The van der Waals surface area contributed by atoms with Crippen LogP contribution in [0.3, 0.4) is 0 Å². The van der Waals surface area contributed by atoms with Gasteiger partial charge >= 0.3 is 5.97 Å². The summed E-state index contributed by atoms with van der Waals surface area (Å²) in [6.45, 7) is 6.58. The zero-order chi connectivity index (χ0) is 20.6. The van der Waals surface area contributed by atoms with Crippen LogP contribution in [0, 0.1) is 0 Å². The van der Waals surface area contributed by atoms with E-state index in [1.165, 1.54) is 30.5 Å². The smallest absolute Gasteiger partial charge is 0.331 e. The number of hydrogen-bond donors (Lipinski definition) is 1. The lowest BCUT2D eigenvalue weighted by Gasteiger charge is -2.44. The molecule has 1 aromatic rings. The molecule has 0 saturated carbocycles. The van der Waals surface area contributed by atoms with E-state index >= 15 is 0 Å². The molecule has 0 bridgehead atoms. The Morgan fingerprint density at radius 3 is 2.50 bits per heavy atom. The first-order chi connectivity index (χ1) is 13.1. The van der Waals surface area contributed by atoms with Crippen molar-refractivity contribution in [1.29, 1.82) is 0 Å². The summed E-state index contributed by atoms with van der Waals surface area (Å²) < 4.78 is 4.65. The van der Waals surface area contributed by atoms with Crippen LogP contribution in [-0.4, -0.2) is 56.8 Å². The van der Waals surface area contributed by atoms with Crippen molar-refractivity contribution in [3.05, 3.63) is 35.9 Å². The molecule has 150 valence electrons. The van der Waals surface area contributed by atoms with E-state index in [1.54, 1.807) is 0 Å². The minimum atomic E-state index is -0.856. The van der Waals surface area contributed by atoms with E-state index in [1.807, 2.05) is 44.2 Å². The average molecular weight is 404 g/mol. The Hall–Kier alpha value is -2.35. The van der Waals surface area contributed by atoms with Crippen LogP contribution in [0.15, 0.2) is 30.3 Å². The maximum absolute atomic E-state index is 12.7. The van der Waals surface area contributed by atoms with Gasteiger partial charge in [0.15, 0.2) is 11.9 Å². The molecule has 2 heterocycles. The van der Waals surface area contributed by atoms with Crippen LogP contribution >= 0.6 is 11.8 Å². The third-order valence-electron chi connectivity index (χ3n) is 5.05. The molecule has 0 aromatic heterocycles. The number of nitrogens with zero attached hydrogens (tertiary/aromatic N) is 1. The number of ketones is 1. The molecule has 2 fully saturated rings. The summed E-state index contributed by atoms with van der Waals surface area (Å²) in [5.41, 5.74) is 0.864. The third-order valence-corrected chi connectivity index (χ3v) is 6.63. The van der Waals surface area contributed by atoms with E-state index in [-0.39, 0.29) is 29.4 Å². The molecule has 0 aliphatic carbocycles. The van der Waals surface area contributed by atoms with E-state index in [4.69, 9.17) is 4.74 Å². The molecule has 8 heteroatoms. The predicted octanol–water partition coefficient (Wildman–Crippen LogP) is 1.30. The van der Waals surface area contributed by atoms with Crippen molar-refractivity contribution in [3.63, 3.8) is 0 Å². The number of carbonyl (C=O) groups is 4. The maximum Gasteiger partial charge on any atom is 0.331 e. The number of Topliss-reactive ketones (excluding diaryl/α,β-unsaturated/α-hetero) is 1. The summed E-state index contributed by atoms with van der Waals surface area (Å²) in [5.74, 6) is -1.39. The molecule has 2 saturated heterocycles. The number of fused-ring (bicyclic) bond motifs is 1. The van der Waals surface area contributed by atoms with Gasteiger partial charge < -0.3 is 15.0 Å². The third kappa shape index (κ3) is 3.78. The highest BCUT2D eigenvalue weighted by molar-refractivity contribution is 8.01. The Morgan fingerprint density at radius 1 is 1.25 bits per heavy atom. The number of benzene rings is 1. The highest BCUT2D eigenvalue weighted by Crippen LogP contribution is 2.51. The minimum Gasteiger partial charge on any atom is -0.453 e. The highest BCUT2D eigenvalue weighted by atomic mass is 32.2. The van der Waals surface area contributed by atoms with E-state index in [0.29, 0.717) is 0 Å². The number of carbonyl (C=O) groups excluding carboxylic acids is 4. The molecule has 2 aliphatic rings. The van der Waals surface area contributed by atoms with E-state index in [9.17, 15) is 19.2 Å². The largest absolute Gasteiger partial charge is 0.453 e. The summed E-state index contributed by atoms with van der Waals surface area (Å²) in [7, 11) is 0. The first-order valence-corrected chi connectivity index (χ1v) is 10.0. The number of thioether (sulfide) groups is 1. The fourth-order valence-electron chi connectivity index (χ4n) is 3.45. The van der Waals surface area contributed by atoms with Gasteiger partial charge in [0.05, 0.1) is 6.42 Å². The number of β-lactam (4-membered cyclic amide) rings is 1. The zero-order valence-corrected chi connectivity index (χ0v) is 17.1. The Balaban J connectivity index is 1.66. The Morgan fingerprint density at radius 2 is 1.89 bits per heavy atom. The molecule has 1 N–H and O–H groups in total. The van der Waals surface area contributed by atoms with Gasteiger partial charge in [0, 0.05) is 4.75 Å². The van der Waals surface area contributed by atoms with Gasteiger partial charge in [-0.1, -0.05) is 30.3 Å². The zero-order valence-electron chi connectivity index (χ0n) is 16.3. The SMILES string of the molecule is CC(=O)C(C)OC(=O)[C@H]1N2C(=O)[C@@H](NC(=O)Cc3ccccc3)[C@H]2SC1(C)C. The lowest BCUT2D eigenvalue weighted by molar-refractivity contribution is -0.168. The van der Waals surface area contributed by atoms with Crippen molar-refractivity contribution in [2.75, 3.05) is 0 Å². The van der Waals surface area contributed by atoms with Gasteiger partial charge in [0.25, 0.3) is 0 Å². The van der Waals surface area contributed by atoms with Crippen molar-refractivity contribution in [2.45, 2.75) is 62.4 Å². The molecule has 1 unspecified atom stereocenters. The van der Waals surface area contributed by atoms with Gasteiger partial charge in [0.2, 0.25) is 11.8 Å². The second-order valence-corrected chi connectivity index (χ2v) is 9.43. The number of hydrogen-bond acceptors (Lipinski definition) is 6. The number of rotatable bonds is 6. The Kier molecular flexibility index (Phi) is 5.52. The molecular weight excluding hydrogens is 380 g/mol. The van der Waals surface area contributed by atoms with Crippen LogP contribution in [0.4, 0.5) is 0 Å². The van der Waals surface area contributed by atoms with Crippen LogP contribution in [0.2, 0.25) is 0 Å². The molecule has 2 amide bonds. The molecule has 0 radical (unpaired) electrons. The molecule has 3 rings (SSSR count). The first kappa shape index (κ1) is 20.4. The number of amides is 2. The molecule has 28 heavy (non-hydrogen) atoms. The summed E-state index contributed by atoms with van der Waals surface area (Å²) in [5, 5.41) is 2.46. The van der Waals surface area contributed by atoms with Gasteiger partial charge in [-0.2, -0.15) is 0 Å². The minimum absolute atomic E-state index is 0.187. The van der Waals surface area contributed by atoms with Crippen molar-refractivity contribution in [2.24, 2.45) is 0 Å². The monoisotopic (exact) mass is 404 g/mol. The quantitative estimate of drug-likeness (QED) is 0.567. The lowest BCUT2D eigenvalue weighted by Crippen LogP contribution is -2.71. The predicted molar refractivity (Wildman–Crippen MR) is 104 cm³/mol. The van der Waals surface area contributed by atoms with Gasteiger partial charge in [-0.3, -0.25) is 14.4 Å². The lowest BCUT2D eigenvalue weighted by atomic mass is 9.95. The van der Waals surface area contributed by atoms with E-state index in [0.717, 1.165) is 5.56 Å². The summed E-state index contributed by atoms with van der Waals surface area (Å²) in [6, 6.07) is 7.83. The van der Waals surface area contributed by atoms with E-state index in [2.05, 4.69) is 5.32 Å². The fourth-order valence-corrected chi connectivity index (χ4v) is 5.07. The highest BCUT2D eigenvalue weighted by Gasteiger charge is 2.64. The second kappa shape index (κ2) is 7.58. The number of ether oxygens (including phenoxy) is 1. The molecule has 4 atom stereocenters. The Bertz CT molecular complexity index is 810. The molecular formula is C20H24N2O5S. The van der Waals surface area contributed by atoms with Gasteiger partial charge in [-0.15, -0.1) is 11.8 Å². The fraction of sp³-hybridized carbons (Fsp3) is 0.500. The van der Waals surface area contributed by atoms with E-state index < -0.39 is 28.9 Å². The standard InChI is InChI=1S/C20H24N2O5S/c1-11(23)12(2)27-19(26)16-20(3,4)28-18-15(17(25)22(16)18)21-14(24)10-13-8-6-5-7-9-13/h5-9,12,15-16,18H,10H2,1-4H3,(H,21,24)/t12?,15-,16-,18-/m1/s1. The van der Waals surface area contributed by atoms with Crippen LogP contribution < -0.4 is 5.32 Å². The van der Waals surface area contributed by atoms with Crippen LogP contribution in [0.25, 0.3) is 0 Å². The Labute approximate surface area is 168 Å². The van der Waals surface area contributed by atoms with Crippen molar-refractivity contribution in [3.8, 4) is 0 Å². The first-order valence-electron chi connectivity index (χ1n) is 9.16. The number of esters is 1. The van der Waals surface area contributed by atoms with Crippen LogP contribution in [0.1, 0.15) is 33.3 Å². The molecule has 2 aliphatic heterocycles. The van der Waals surface area contributed by atoms with Crippen LogP contribution in [0.5, 0.6) is 0 Å². The maximum atomic E-state index is 12.7. The van der Waals surface area contributed by atoms with Crippen molar-refractivity contribution in [1.82, 2.24) is 10.2 Å². The normalized spacial score (nSPS) is 26.1. The summed E-state index contributed by atoms with van der Waals surface area (Å²) >= 11 is 1.45. The summed E-state index contributed by atoms with van der Waals surface area (Å²) in [6.07, 6.45) is -0.669. The second-order valence-electron chi connectivity index (χ2n) is 7.66. The van der Waals surface area contributed by atoms with Crippen molar-refractivity contribution >= 4 is 35.3 Å². The molecule has 0 spiro atoms. The number of nitrogens with one attached hydrogen (secondary N) is 1. The van der Waals surface area contributed by atoms with Gasteiger partial charge in [-0.05, 0) is 33.3 Å². The molecule has 7 nitrogen and oxygen atoms in total. The van der Waals surface area contributed by atoms with Gasteiger partial charge in [0.1, 0.15) is 17.5 Å². The van der Waals surface area contributed by atoms with Crippen LogP contribution in [-0.2, 0) is 30.3 Å². The topological polar surface area (TPSA) is 92.8 Å². The molecule has 1 aromatic carbocycles. The van der Waals surface area contributed by atoms with Crippen molar-refractivity contribution < 1.29 is 23.9 Å². The summed E-state index contributed by atoms with van der Waals surface area (Å²) in [4.78, 5) is 50.5. The average Bonchev–Trinajstić information content (AvgIpc) is 2.88.